The number of nitro benzene ring substituents is 1. The lowest BCUT2D eigenvalue weighted by atomic mass is 10.3. The van der Waals surface area contributed by atoms with E-state index < -0.39 is 4.92 Å². The molecule has 90 valence electrons. The van der Waals surface area contributed by atoms with E-state index in [4.69, 9.17) is 12.2 Å². The zero-order valence-corrected chi connectivity index (χ0v) is 10.3. The van der Waals surface area contributed by atoms with E-state index in [9.17, 15) is 10.1 Å². The largest absolute Gasteiger partial charge is 0.369 e. The van der Waals surface area contributed by atoms with E-state index >= 15 is 0 Å². The number of benzene rings is 1. The van der Waals surface area contributed by atoms with Crippen LogP contribution in [-0.2, 0) is 0 Å². The van der Waals surface area contributed by atoms with Gasteiger partial charge in [0.2, 0.25) is 0 Å². The summed E-state index contributed by atoms with van der Waals surface area (Å²) in [5.74, 6) is 0. The van der Waals surface area contributed by atoms with Crippen LogP contribution in [0.3, 0.4) is 0 Å². The van der Waals surface area contributed by atoms with Crippen LogP contribution in [0.4, 0.5) is 11.4 Å². The lowest BCUT2D eigenvalue weighted by molar-refractivity contribution is -0.384. The van der Waals surface area contributed by atoms with Gasteiger partial charge >= 0.3 is 0 Å². The van der Waals surface area contributed by atoms with E-state index in [2.05, 4.69) is 10.3 Å². The molecule has 0 aromatic heterocycles. The number of anilines is 1. The minimum absolute atomic E-state index is 0.00869. The first-order valence-electron chi connectivity index (χ1n) is 4.75. The van der Waals surface area contributed by atoms with Crippen LogP contribution in [0.1, 0.15) is 0 Å². The van der Waals surface area contributed by atoms with Crippen molar-refractivity contribution in [3.8, 4) is 0 Å². The van der Waals surface area contributed by atoms with Crippen molar-refractivity contribution in [2.45, 2.75) is 0 Å². The van der Waals surface area contributed by atoms with Crippen molar-refractivity contribution in [3.05, 3.63) is 34.4 Å². The van der Waals surface area contributed by atoms with Crippen molar-refractivity contribution < 1.29 is 4.92 Å². The van der Waals surface area contributed by atoms with Gasteiger partial charge in [0.25, 0.3) is 5.69 Å². The van der Waals surface area contributed by atoms with Gasteiger partial charge in [0.1, 0.15) is 0 Å². The first kappa shape index (κ1) is 13.0. The van der Waals surface area contributed by atoms with Gasteiger partial charge in [-0.1, -0.05) is 6.07 Å². The Kier molecular flexibility index (Phi) is 4.53. The molecule has 0 aliphatic rings. The lowest BCUT2D eigenvalue weighted by Gasteiger charge is -2.05. The highest BCUT2D eigenvalue weighted by molar-refractivity contribution is 7.80. The molecule has 0 atom stereocenters. The number of non-ortho nitro benzene ring substituents is 1. The number of nitrogens with zero attached hydrogens (tertiary/aromatic N) is 3. The second kappa shape index (κ2) is 5.90. The Morgan fingerprint density at radius 2 is 2.29 bits per heavy atom. The van der Waals surface area contributed by atoms with Crippen LogP contribution in [0.2, 0.25) is 0 Å². The number of rotatable bonds is 3. The molecule has 0 bridgehead atoms. The number of hydrogen-bond donors (Lipinski definition) is 1. The van der Waals surface area contributed by atoms with E-state index in [1.165, 1.54) is 12.1 Å². The third kappa shape index (κ3) is 4.56. The van der Waals surface area contributed by atoms with Gasteiger partial charge in [-0.15, -0.1) is 0 Å². The average Bonchev–Trinajstić information content (AvgIpc) is 2.26. The average molecular weight is 252 g/mol. The first-order valence-corrected chi connectivity index (χ1v) is 5.16. The fraction of sp³-hybridized carbons (Fsp3) is 0.200. The molecule has 0 saturated heterocycles. The van der Waals surface area contributed by atoms with Crippen molar-refractivity contribution in [2.24, 2.45) is 4.99 Å². The van der Waals surface area contributed by atoms with Crippen LogP contribution >= 0.6 is 12.2 Å². The summed E-state index contributed by atoms with van der Waals surface area (Å²) in [4.78, 5) is 15.8. The molecule has 0 spiro atoms. The molecule has 1 aromatic carbocycles. The molecule has 0 unspecified atom stereocenters. The van der Waals surface area contributed by atoms with Crippen LogP contribution < -0.4 is 5.32 Å². The normalized spacial score (nSPS) is 10.2. The van der Waals surface area contributed by atoms with Crippen molar-refractivity contribution in [2.75, 3.05) is 19.4 Å². The maximum Gasteiger partial charge on any atom is 0.271 e. The second-order valence-electron chi connectivity index (χ2n) is 3.45. The summed E-state index contributed by atoms with van der Waals surface area (Å²) in [5.41, 5.74) is 0.550. The van der Waals surface area contributed by atoms with Gasteiger partial charge in [0.15, 0.2) is 5.11 Å². The first-order chi connectivity index (χ1) is 7.99. The number of nitrogens with one attached hydrogen (secondary N) is 1. The highest BCUT2D eigenvalue weighted by Gasteiger charge is 2.05. The van der Waals surface area contributed by atoms with Gasteiger partial charge in [-0.2, -0.15) is 0 Å². The number of hydrogen-bond acceptors (Lipinski definition) is 3. The Bertz CT molecular complexity index is 459. The molecule has 1 aromatic rings. The minimum atomic E-state index is -0.461. The molecule has 0 aliphatic heterocycles. The fourth-order valence-corrected chi connectivity index (χ4v) is 1.19. The van der Waals surface area contributed by atoms with E-state index in [1.54, 1.807) is 23.4 Å². The molecule has 6 nitrogen and oxygen atoms in total. The Hall–Kier alpha value is -2.02. The Morgan fingerprint density at radius 1 is 1.59 bits per heavy atom. The molecule has 0 amide bonds. The zero-order valence-electron chi connectivity index (χ0n) is 9.45. The maximum atomic E-state index is 10.6. The summed E-state index contributed by atoms with van der Waals surface area (Å²) >= 11 is 4.96. The Morgan fingerprint density at radius 3 is 2.88 bits per heavy atom. The molecule has 0 heterocycles. The zero-order chi connectivity index (χ0) is 12.8. The fourth-order valence-electron chi connectivity index (χ4n) is 1.02. The van der Waals surface area contributed by atoms with Crippen molar-refractivity contribution in [3.63, 3.8) is 0 Å². The second-order valence-corrected chi connectivity index (χ2v) is 3.83. The molecular formula is C10H12N4O2S. The van der Waals surface area contributed by atoms with Crippen molar-refractivity contribution >= 4 is 35.0 Å². The van der Waals surface area contributed by atoms with Crippen LogP contribution in [0.15, 0.2) is 29.3 Å². The standard InChI is InChI=1S/C10H12N4O2S/c1-13(2)7-11-10(17)12-8-4-3-5-9(6-8)14(15)16/h3-7H,1-2H3,(H,12,17). The van der Waals surface area contributed by atoms with Gasteiger partial charge in [0.05, 0.1) is 11.3 Å². The molecular weight excluding hydrogens is 240 g/mol. The van der Waals surface area contributed by atoms with Crippen LogP contribution in [0.5, 0.6) is 0 Å². The monoisotopic (exact) mass is 252 g/mol. The molecule has 1 rings (SSSR count). The van der Waals surface area contributed by atoms with Crippen LogP contribution in [-0.4, -0.2) is 35.4 Å². The summed E-state index contributed by atoms with van der Waals surface area (Å²) in [5, 5.41) is 13.6. The summed E-state index contributed by atoms with van der Waals surface area (Å²) in [6, 6.07) is 6.08. The van der Waals surface area contributed by atoms with E-state index in [0.29, 0.717) is 5.69 Å². The summed E-state index contributed by atoms with van der Waals surface area (Å²) in [6.07, 6.45) is 1.55. The van der Waals surface area contributed by atoms with Crippen LogP contribution in [0, 0.1) is 10.1 Å². The highest BCUT2D eigenvalue weighted by Crippen LogP contribution is 2.16. The molecule has 0 fully saturated rings. The molecule has 7 heteroatoms. The van der Waals surface area contributed by atoms with Gasteiger partial charge in [-0.25, -0.2) is 4.99 Å². The third-order valence-electron chi connectivity index (χ3n) is 1.71. The van der Waals surface area contributed by atoms with Gasteiger partial charge < -0.3 is 10.2 Å². The quantitative estimate of drug-likeness (QED) is 0.292. The smallest absolute Gasteiger partial charge is 0.271 e. The maximum absolute atomic E-state index is 10.6. The number of nitro groups is 1. The number of aliphatic imine (C=N–C) groups is 1. The van der Waals surface area contributed by atoms with Gasteiger partial charge in [-0.05, 0) is 18.3 Å². The minimum Gasteiger partial charge on any atom is -0.369 e. The van der Waals surface area contributed by atoms with E-state index in [1.807, 2.05) is 14.1 Å². The predicted molar refractivity (Wildman–Crippen MR) is 71.5 cm³/mol. The molecule has 0 saturated carbocycles. The topological polar surface area (TPSA) is 70.8 Å². The third-order valence-corrected chi connectivity index (χ3v) is 1.92. The summed E-state index contributed by atoms with van der Waals surface area (Å²) in [7, 11) is 3.64. The Balaban J connectivity index is 2.72. The molecule has 0 radical (unpaired) electrons. The van der Waals surface area contributed by atoms with Crippen molar-refractivity contribution in [1.82, 2.24) is 4.90 Å². The van der Waals surface area contributed by atoms with E-state index in [0.717, 1.165) is 0 Å². The highest BCUT2D eigenvalue weighted by atomic mass is 32.1. The van der Waals surface area contributed by atoms with Gasteiger partial charge in [0, 0.05) is 31.9 Å². The van der Waals surface area contributed by atoms with Crippen LogP contribution in [0.25, 0.3) is 0 Å². The summed E-state index contributed by atoms with van der Waals surface area (Å²) in [6.45, 7) is 0. The number of thiocarbonyl (C=S) groups is 1. The lowest BCUT2D eigenvalue weighted by Crippen LogP contribution is -2.12. The van der Waals surface area contributed by atoms with Crippen molar-refractivity contribution in [1.29, 1.82) is 0 Å². The molecule has 17 heavy (non-hydrogen) atoms. The summed E-state index contributed by atoms with van der Waals surface area (Å²) < 4.78 is 0. The Labute approximate surface area is 104 Å². The SMILES string of the molecule is CN(C)C=NC(=S)Nc1cccc([N+](=O)[O-])c1. The van der Waals surface area contributed by atoms with E-state index in [-0.39, 0.29) is 10.8 Å². The predicted octanol–water partition coefficient (Wildman–Crippen LogP) is 1.88. The molecule has 0 aliphatic carbocycles. The molecule has 1 N–H and O–H groups in total. The van der Waals surface area contributed by atoms with Gasteiger partial charge in [-0.3, -0.25) is 10.1 Å².